The van der Waals surface area contributed by atoms with Gasteiger partial charge in [-0.15, -0.1) is 0 Å². The van der Waals surface area contributed by atoms with E-state index in [4.69, 9.17) is 16.3 Å². The van der Waals surface area contributed by atoms with Crippen LogP contribution in [0.15, 0.2) is 18.2 Å². The summed E-state index contributed by atoms with van der Waals surface area (Å²) in [6.07, 6.45) is 12.4. The molecule has 0 heterocycles. The Bertz CT molecular complexity index is 560. The topological polar surface area (TPSA) is 55.4 Å². The lowest BCUT2D eigenvalue weighted by molar-refractivity contribution is -0.114. The molecule has 1 rings (SSSR count). The second kappa shape index (κ2) is 13.6. The van der Waals surface area contributed by atoms with E-state index in [0.717, 1.165) is 12.8 Å². The standard InChI is InChI=1S/C21H32ClNO3/c1-3-4-5-6-7-8-9-10-11-12-15-26-21(25)18-13-14-19(22)20(16-18)23-17(2)24/h13-14,16H,3-12,15H2,1-2H3,(H,23,24). The van der Waals surface area contributed by atoms with Crippen molar-refractivity contribution in [3.05, 3.63) is 28.8 Å². The zero-order valence-corrected chi connectivity index (χ0v) is 16.9. The van der Waals surface area contributed by atoms with Crippen molar-refractivity contribution in [3.63, 3.8) is 0 Å². The van der Waals surface area contributed by atoms with Crippen molar-refractivity contribution in [1.82, 2.24) is 0 Å². The van der Waals surface area contributed by atoms with Gasteiger partial charge in [0.2, 0.25) is 5.91 Å². The van der Waals surface area contributed by atoms with Crippen LogP contribution in [0.5, 0.6) is 0 Å². The minimum absolute atomic E-state index is 0.234. The third-order valence-corrected chi connectivity index (χ3v) is 4.57. The lowest BCUT2D eigenvalue weighted by atomic mass is 10.1. The number of halogens is 1. The molecule has 0 aliphatic rings. The number of esters is 1. The number of rotatable bonds is 13. The summed E-state index contributed by atoms with van der Waals surface area (Å²) in [7, 11) is 0. The van der Waals surface area contributed by atoms with E-state index < -0.39 is 0 Å². The molecular weight excluding hydrogens is 350 g/mol. The summed E-state index contributed by atoms with van der Waals surface area (Å²) in [5.41, 5.74) is 0.817. The molecule has 0 aliphatic carbocycles. The first-order chi connectivity index (χ1) is 12.5. The summed E-state index contributed by atoms with van der Waals surface area (Å²) in [4.78, 5) is 23.2. The van der Waals surface area contributed by atoms with Crippen LogP contribution in [0.4, 0.5) is 5.69 Å². The van der Waals surface area contributed by atoms with Gasteiger partial charge in [-0.05, 0) is 24.6 Å². The van der Waals surface area contributed by atoms with Crippen molar-refractivity contribution in [1.29, 1.82) is 0 Å². The van der Waals surface area contributed by atoms with Crippen LogP contribution in [0.2, 0.25) is 5.02 Å². The number of benzene rings is 1. The van der Waals surface area contributed by atoms with Gasteiger partial charge in [-0.25, -0.2) is 4.79 Å². The number of carbonyl (C=O) groups excluding carboxylic acids is 2. The summed E-state index contributed by atoms with van der Waals surface area (Å²) in [5.74, 6) is -0.619. The van der Waals surface area contributed by atoms with E-state index in [1.54, 1.807) is 18.2 Å². The molecule has 0 unspecified atom stereocenters. The smallest absolute Gasteiger partial charge is 0.338 e. The summed E-state index contributed by atoms with van der Waals surface area (Å²) < 4.78 is 5.31. The summed E-state index contributed by atoms with van der Waals surface area (Å²) in [6, 6.07) is 4.74. The van der Waals surface area contributed by atoms with Crippen molar-refractivity contribution in [2.45, 2.75) is 78.1 Å². The highest BCUT2D eigenvalue weighted by Crippen LogP contribution is 2.23. The zero-order valence-electron chi connectivity index (χ0n) is 16.1. The Balaban J connectivity index is 2.16. The van der Waals surface area contributed by atoms with Crippen molar-refractivity contribution >= 4 is 29.2 Å². The molecule has 1 aromatic rings. The second-order valence-electron chi connectivity index (χ2n) is 6.69. The Morgan fingerprint density at radius 3 is 2.12 bits per heavy atom. The molecule has 146 valence electrons. The maximum absolute atomic E-state index is 12.1. The van der Waals surface area contributed by atoms with Crippen LogP contribution in [0.25, 0.3) is 0 Å². The molecule has 0 saturated heterocycles. The van der Waals surface area contributed by atoms with E-state index in [-0.39, 0.29) is 11.9 Å². The van der Waals surface area contributed by atoms with Gasteiger partial charge >= 0.3 is 5.97 Å². The van der Waals surface area contributed by atoms with Crippen LogP contribution in [0, 0.1) is 0 Å². The Hall–Kier alpha value is -1.55. The molecule has 0 aromatic heterocycles. The summed E-state index contributed by atoms with van der Waals surface area (Å²) in [5, 5.41) is 3.00. The van der Waals surface area contributed by atoms with Gasteiger partial charge in [0.15, 0.2) is 0 Å². The number of nitrogens with one attached hydrogen (secondary N) is 1. The summed E-state index contributed by atoms with van der Waals surface area (Å²) in [6.45, 7) is 4.06. The van der Waals surface area contributed by atoms with Crippen LogP contribution in [-0.2, 0) is 9.53 Å². The van der Waals surface area contributed by atoms with Gasteiger partial charge in [0.05, 0.1) is 22.9 Å². The number of hydrogen-bond donors (Lipinski definition) is 1. The molecule has 1 amide bonds. The van der Waals surface area contributed by atoms with Gasteiger partial charge in [0.1, 0.15) is 0 Å². The first-order valence-corrected chi connectivity index (χ1v) is 10.2. The number of carbonyl (C=O) groups is 2. The molecule has 0 spiro atoms. The fourth-order valence-electron chi connectivity index (χ4n) is 2.78. The fraction of sp³-hybridized carbons (Fsp3) is 0.619. The SMILES string of the molecule is CCCCCCCCCCCCOC(=O)c1ccc(Cl)c(NC(C)=O)c1. The maximum Gasteiger partial charge on any atom is 0.338 e. The highest BCUT2D eigenvalue weighted by Gasteiger charge is 2.11. The van der Waals surface area contributed by atoms with E-state index in [1.807, 2.05) is 0 Å². The van der Waals surface area contributed by atoms with Crippen LogP contribution in [0.1, 0.15) is 88.4 Å². The van der Waals surface area contributed by atoms with Crippen LogP contribution >= 0.6 is 11.6 Å². The molecule has 26 heavy (non-hydrogen) atoms. The molecule has 0 atom stereocenters. The molecule has 0 fully saturated rings. The number of hydrogen-bond acceptors (Lipinski definition) is 3. The van der Waals surface area contributed by atoms with Gasteiger partial charge in [0, 0.05) is 6.92 Å². The van der Waals surface area contributed by atoms with Crippen molar-refractivity contribution in [3.8, 4) is 0 Å². The van der Waals surface area contributed by atoms with Gasteiger partial charge in [-0.1, -0.05) is 76.3 Å². The molecule has 0 bridgehead atoms. The van der Waals surface area contributed by atoms with E-state index in [9.17, 15) is 9.59 Å². The van der Waals surface area contributed by atoms with E-state index in [1.165, 1.54) is 58.3 Å². The average Bonchev–Trinajstić information content (AvgIpc) is 2.61. The zero-order chi connectivity index (χ0) is 19.2. The van der Waals surface area contributed by atoms with Gasteiger partial charge in [-0.3, -0.25) is 4.79 Å². The van der Waals surface area contributed by atoms with Crippen LogP contribution in [-0.4, -0.2) is 18.5 Å². The Labute approximate surface area is 162 Å². The molecule has 0 saturated carbocycles. The largest absolute Gasteiger partial charge is 0.462 e. The fourth-order valence-corrected chi connectivity index (χ4v) is 2.94. The Morgan fingerprint density at radius 1 is 0.962 bits per heavy atom. The third kappa shape index (κ3) is 9.81. The molecule has 1 N–H and O–H groups in total. The van der Waals surface area contributed by atoms with Gasteiger partial charge in [0.25, 0.3) is 0 Å². The molecule has 0 radical (unpaired) electrons. The molecular formula is C21H32ClNO3. The number of anilines is 1. The molecule has 1 aromatic carbocycles. The quantitative estimate of drug-likeness (QED) is 0.318. The van der Waals surface area contributed by atoms with E-state index in [0.29, 0.717) is 22.9 Å². The van der Waals surface area contributed by atoms with Gasteiger partial charge in [-0.2, -0.15) is 0 Å². The maximum atomic E-state index is 12.1. The highest BCUT2D eigenvalue weighted by atomic mass is 35.5. The first-order valence-electron chi connectivity index (χ1n) is 9.79. The average molecular weight is 382 g/mol. The van der Waals surface area contributed by atoms with Crippen LogP contribution < -0.4 is 5.32 Å². The summed E-state index contributed by atoms with van der Waals surface area (Å²) >= 11 is 6.00. The Kier molecular flexibility index (Phi) is 11.8. The monoisotopic (exact) mass is 381 g/mol. The third-order valence-electron chi connectivity index (χ3n) is 4.24. The molecule has 5 heteroatoms. The minimum atomic E-state index is -0.385. The first kappa shape index (κ1) is 22.5. The Morgan fingerprint density at radius 2 is 1.54 bits per heavy atom. The normalized spacial score (nSPS) is 10.6. The van der Waals surface area contributed by atoms with Crippen molar-refractivity contribution < 1.29 is 14.3 Å². The predicted octanol–water partition coefficient (Wildman–Crippen LogP) is 6.38. The van der Waals surface area contributed by atoms with Gasteiger partial charge < -0.3 is 10.1 Å². The minimum Gasteiger partial charge on any atom is -0.462 e. The van der Waals surface area contributed by atoms with Crippen molar-refractivity contribution in [2.75, 3.05) is 11.9 Å². The number of ether oxygens (including phenoxy) is 1. The predicted molar refractivity (Wildman–Crippen MR) is 108 cm³/mol. The lowest BCUT2D eigenvalue weighted by Crippen LogP contribution is -2.10. The molecule has 4 nitrogen and oxygen atoms in total. The highest BCUT2D eigenvalue weighted by molar-refractivity contribution is 6.33. The second-order valence-corrected chi connectivity index (χ2v) is 7.10. The van der Waals surface area contributed by atoms with E-state index >= 15 is 0 Å². The lowest BCUT2D eigenvalue weighted by Gasteiger charge is -2.08. The van der Waals surface area contributed by atoms with Crippen molar-refractivity contribution in [2.24, 2.45) is 0 Å². The molecule has 0 aliphatic heterocycles. The number of unbranched alkanes of at least 4 members (excludes halogenated alkanes) is 9. The van der Waals surface area contributed by atoms with E-state index in [2.05, 4.69) is 12.2 Å². The van der Waals surface area contributed by atoms with Crippen LogP contribution in [0.3, 0.4) is 0 Å². The number of amides is 1.